The van der Waals surface area contributed by atoms with Gasteiger partial charge in [-0.2, -0.15) is 0 Å². The summed E-state index contributed by atoms with van der Waals surface area (Å²) >= 11 is 0. The summed E-state index contributed by atoms with van der Waals surface area (Å²) in [5.74, 6) is 0.787. The quantitative estimate of drug-likeness (QED) is 0.610. The van der Waals surface area contributed by atoms with Crippen molar-refractivity contribution in [1.82, 2.24) is 0 Å². The second-order valence-corrected chi connectivity index (χ2v) is 5.76. The van der Waals surface area contributed by atoms with E-state index in [1.165, 1.54) is 40.7 Å². The molecule has 0 bridgehead atoms. The van der Waals surface area contributed by atoms with Crippen molar-refractivity contribution in [2.75, 3.05) is 0 Å². The van der Waals surface area contributed by atoms with Crippen molar-refractivity contribution in [3.05, 3.63) is 59.2 Å². The van der Waals surface area contributed by atoms with Gasteiger partial charge >= 0.3 is 0 Å². The molecule has 0 spiro atoms. The molecule has 1 aliphatic rings. The molecule has 0 radical (unpaired) electrons. The third-order valence-electron chi connectivity index (χ3n) is 3.87. The van der Waals surface area contributed by atoms with Gasteiger partial charge < -0.3 is 0 Å². The largest absolute Gasteiger partial charge is 0.0628 e. The number of hydrogen-bond donors (Lipinski definition) is 0. The topological polar surface area (TPSA) is 0 Å². The molecule has 2 aromatic carbocycles. The van der Waals surface area contributed by atoms with E-state index in [1.807, 2.05) is 0 Å². The van der Waals surface area contributed by atoms with Crippen LogP contribution in [0.2, 0.25) is 0 Å². The molecular weight excluding hydrogens is 216 g/mol. The molecule has 0 amide bonds. The normalized spacial score (nSPS) is 12.6. The summed E-state index contributed by atoms with van der Waals surface area (Å²) in [6.45, 7) is 4.59. The van der Waals surface area contributed by atoms with E-state index in [-0.39, 0.29) is 0 Å². The zero-order valence-corrected chi connectivity index (χ0v) is 11.2. The molecule has 18 heavy (non-hydrogen) atoms. The summed E-state index contributed by atoms with van der Waals surface area (Å²) in [6.07, 6.45) is 3.61. The Morgan fingerprint density at radius 1 is 0.944 bits per heavy atom. The van der Waals surface area contributed by atoms with Crippen molar-refractivity contribution in [1.29, 1.82) is 0 Å². The second kappa shape index (κ2) is 4.61. The molecular formula is C18H20. The highest BCUT2D eigenvalue weighted by Gasteiger charge is 2.17. The Kier molecular flexibility index (Phi) is 2.95. The first-order valence-corrected chi connectivity index (χ1v) is 6.94. The molecule has 0 nitrogen and oxygen atoms in total. The highest BCUT2D eigenvalue weighted by molar-refractivity contribution is 5.76. The van der Waals surface area contributed by atoms with Crippen molar-refractivity contribution in [2.45, 2.75) is 33.1 Å². The van der Waals surface area contributed by atoms with Crippen LogP contribution in [0.15, 0.2) is 42.5 Å². The zero-order chi connectivity index (χ0) is 12.5. The van der Waals surface area contributed by atoms with Gasteiger partial charge in [0, 0.05) is 0 Å². The van der Waals surface area contributed by atoms with E-state index in [1.54, 1.807) is 0 Å². The van der Waals surface area contributed by atoms with Crippen molar-refractivity contribution >= 4 is 0 Å². The van der Waals surface area contributed by atoms with Crippen molar-refractivity contribution in [3.63, 3.8) is 0 Å². The van der Waals surface area contributed by atoms with Crippen molar-refractivity contribution in [2.24, 2.45) is 5.92 Å². The highest BCUT2D eigenvalue weighted by Crippen LogP contribution is 2.36. The number of rotatable bonds is 3. The van der Waals surface area contributed by atoms with Gasteiger partial charge in [0.1, 0.15) is 0 Å². The van der Waals surface area contributed by atoms with E-state index < -0.39 is 0 Å². The summed E-state index contributed by atoms with van der Waals surface area (Å²) in [5.41, 5.74) is 7.36. The van der Waals surface area contributed by atoms with Gasteiger partial charge in [-0.3, -0.25) is 0 Å². The Morgan fingerprint density at radius 2 is 1.72 bits per heavy atom. The monoisotopic (exact) mass is 236 g/mol. The van der Waals surface area contributed by atoms with Gasteiger partial charge in [0.25, 0.3) is 0 Å². The maximum Gasteiger partial charge on any atom is -0.00134 e. The van der Waals surface area contributed by atoms with Crippen LogP contribution in [0.5, 0.6) is 0 Å². The van der Waals surface area contributed by atoms with Crippen LogP contribution in [0, 0.1) is 5.92 Å². The van der Waals surface area contributed by atoms with E-state index in [4.69, 9.17) is 0 Å². The molecule has 0 N–H and O–H groups in total. The number of benzene rings is 2. The van der Waals surface area contributed by atoms with Gasteiger partial charge in [0.15, 0.2) is 0 Å². The van der Waals surface area contributed by atoms with Gasteiger partial charge in [0.05, 0.1) is 0 Å². The molecule has 0 saturated heterocycles. The van der Waals surface area contributed by atoms with Gasteiger partial charge in [-0.25, -0.2) is 0 Å². The van der Waals surface area contributed by atoms with Crippen molar-refractivity contribution < 1.29 is 0 Å². The molecule has 0 atom stereocenters. The first-order valence-electron chi connectivity index (χ1n) is 6.94. The minimum absolute atomic E-state index is 0.787. The van der Waals surface area contributed by atoms with E-state index in [0.29, 0.717) is 0 Å². The molecule has 0 unspecified atom stereocenters. The first-order chi connectivity index (χ1) is 8.74. The molecule has 2 aromatic rings. The lowest BCUT2D eigenvalue weighted by atomic mass is 9.98. The van der Waals surface area contributed by atoms with Crippen LogP contribution in [0.1, 0.15) is 37.0 Å². The first kappa shape index (κ1) is 11.5. The smallest absolute Gasteiger partial charge is 0.00134 e. The van der Waals surface area contributed by atoms with Gasteiger partial charge in [0.2, 0.25) is 0 Å². The van der Waals surface area contributed by atoms with Gasteiger partial charge in [-0.05, 0) is 53.0 Å². The summed E-state index contributed by atoms with van der Waals surface area (Å²) in [4.78, 5) is 0. The second-order valence-electron chi connectivity index (χ2n) is 5.76. The minimum atomic E-state index is 0.787. The standard InChI is InChI=1S/C18H20/c1-13(2)7-8-14-9-10-18-16(11-14)12-15-5-3-4-6-17(15)18/h3-6,9-11,13H,7-8,12H2,1-2H3. The fourth-order valence-corrected chi connectivity index (χ4v) is 2.81. The highest BCUT2D eigenvalue weighted by atomic mass is 14.2. The maximum absolute atomic E-state index is 2.41. The molecule has 0 heterocycles. The van der Waals surface area contributed by atoms with E-state index in [9.17, 15) is 0 Å². The molecule has 0 heteroatoms. The van der Waals surface area contributed by atoms with Crippen LogP contribution in [-0.4, -0.2) is 0 Å². The Morgan fingerprint density at radius 3 is 2.56 bits per heavy atom. The molecule has 0 saturated carbocycles. The Hall–Kier alpha value is -1.56. The number of aryl methyl sites for hydroxylation is 1. The number of hydrogen-bond acceptors (Lipinski definition) is 0. The van der Waals surface area contributed by atoms with E-state index in [0.717, 1.165) is 12.3 Å². The lowest BCUT2D eigenvalue weighted by Crippen LogP contribution is -1.93. The Bertz CT molecular complexity index is 564. The third kappa shape index (κ3) is 2.08. The summed E-state index contributed by atoms with van der Waals surface area (Å²) < 4.78 is 0. The molecule has 1 aliphatic carbocycles. The van der Waals surface area contributed by atoms with Gasteiger partial charge in [-0.15, -0.1) is 0 Å². The average molecular weight is 236 g/mol. The molecule has 92 valence electrons. The fourth-order valence-electron chi connectivity index (χ4n) is 2.81. The van der Waals surface area contributed by atoms with E-state index in [2.05, 4.69) is 56.3 Å². The van der Waals surface area contributed by atoms with E-state index >= 15 is 0 Å². The third-order valence-corrected chi connectivity index (χ3v) is 3.87. The molecule has 0 aromatic heterocycles. The SMILES string of the molecule is CC(C)CCc1ccc2c(c1)Cc1ccccc1-2. The van der Waals surface area contributed by atoms with Crippen LogP contribution < -0.4 is 0 Å². The lowest BCUT2D eigenvalue weighted by molar-refractivity contribution is 0.586. The minimum Gasteiger partial charge on any atom is -0.0628 e. The van der Waals surface area contributed by atoms with Crippen molar-refractivity contribution in [3.8, 4) is 11.1 Å². The van der Waals surface area contributed by atoms with Crippen LogP contribution in [0.25, 0.3) is 11.1 Å². The predicted octanol–water partition coefficient (Wildman–Crippen LogP) is 4.85. The summed E-state index contributed by atoms with van der Waals surface area (Å²) in [6, 6.07) is 15.8. The Labute approximate surface area is 110 Å². The fraction of sp³-hybridized carbons (Fsp3) is 0.333. The average Bonchev–Trinajstić information content (AvgIpc) is 2.73. The predicted molar refractivity (Wildman–Crippen MR) is 77.8 cm³/mol. The van der Waals surface area contributed by atoms with Crippen LogP contribution in [0.4, 0.5) is 0 Å². The Balaban J connectivity index is 1.89. The molecule has 0 aliphatic heterocycles. The molecule has 0 fully saturated rings. The summed E-state index contributed by atoms with van der Waals surface area (Å²) in [5, 5.41) is 0. The van der Waals surface area contributed by atoms with Gasteiger partial charge in [-0.1, -0.05) is 56.3 Å². The lowest BCUT2D eigenvalue weighted by Gasteiger charge is -2.07. The summed E-state index contributed by atoms with van der Waals surface area (Å²) in [7, 11) is 0. The van der Waals surface area contributed by atoms with Crippen LogP contribution in [0.3, 0.4) is 0 Å². The maximum atomic E-state index is 2.41. The zero-order valence-electron chi connectivity index (χ0n) is 11.2. The molecule has 3 rings (SSSR count). The van der Waals surface area contributed by atoms with Crippen LogP contribution >= 0.6 is 0 Å². The number of fused-ring (bicyclic) bond motifs is 3. The van der Waals surface area contributed by atoms with Crippen LogP contribution in [-0.2, 0) is 12.8 Å².